The summed E-state index contributed by atoms with van der Waals surface area (Å²) in [5.41, 5.74) is 10.5. The third-order valence-corrected chi connectivity index (χ3v) is 1.96. The van der Waals surface area contributed by atoms with E-state index in [1.165, 1.54) is 0 Å². The Bertz CT molecular complexity index is 160. The Morgan fingerprint density at radius 2 is 2.17 bits per heavy atom. The Morgan fingerprint density at radius 1 is 1.50 bits per heavy atom. The number of hydrogen-bond donors (Lipinski definition) is 2. The first-order valence-electron chi connectivity index (χ1n) is 4.42. The van der Waals surface area contributed by atoms with E-state index in [4.69, 9.17) is 16.2 Å². The van der Waals surface area contributed by atoms with Gasteiger partial charge in [-0.1, -0.05) is 6.92 Å². The lowest BCUT2D eigenvalue weighted by molar-refractivity contribution is -0.00732. The molecule has 4 nitrogen and oxygen atoms in total. The molecule has 1 rings (SSSR count). The molecule has 0 spiro atoms. The van der Waals surface area contributed by atoms with Gasteiger partial charge in [0, 0.05) is 6.61 Å². The molecule has 0 heterocycles. The van der Waals surface area contributed by atoms with Crippen molar-refractivity contribution >= 4 is 5.96 Å². The number of aliphatic imine (C=N–C) groups is 1. The van der Waals surface area contributed by atoms with Gasteiger partial charge in [0.05, 0.1) is 12.1 Å². The number of ether oxygens (including phenoxy) is 1. The lowest BCUT2D eigenvalue weighted by atomic mass is 9.90. The van der Waals surface area contributed by atoms with Gasteiger partial charge < -0.3 is 16.2 Å². The summed E-state index contributed by atoms with van der Waals surface area (Å²) in [5, 5.41) is 0. The second-order valence-corrected chi connectivity index (χ2v) is 3.17. The van der Waals surface area contributed by atoms with Crippen LogP contribution in [0.5, 0.6) is 0 Å². The summed E-state index contributed by atoms with van der Waals surface area (Å²) in [4.78, 5) is 4.03. The zero-order chi connectivity index (χ0) is 8.97. The second-order valence-electron chi connectivity index (χ2n) is 3.17. The molecule has 0 unspecified atom stereocenters. The zero-order valence-corrected chi connectivity index (χ0v) is 7.49. The molecule has 0 aromatic heterocycles. The molecular formula is C8H17N3O. The van der Waals surface area contributed by atoms with Gasteiger partial charge in [-0.25, -0.2) is 0 Å². The van der Waals surface area contributed by atoms with Crippen molar-refractivity contribution in [3.05, 3.63) is 0 Å². The van der Waals surface area contributed by atoms with Gasteiger partial charge in [0.15, 0.2) is 5.96 Å². The van der Waals surface area contributed by atoms with E-state index in [-0.39, 0.29) is 5.96 Å². The first-order valence-corrected chi connectivity index (χ1v) is 4.42. The maximum Gasteiger partial charge on any atom is 0.186 e. The van der Waals surface area contributed by atoms with Gasteiger partial charge in [0.2, 0.25) is 0 Å². The maximum absolute atomic E-state index is 5.49. The second kappa shape index (κ2) is 4.30. The van der Waals surface area contributed by atoms with Crippen LogP contribution < -0.4 is 11.5 Å². The van der Waals surface area contributed by atoms with Crippen molar-refractivity contribution in [1.82, 2.24) is 0 Å². The van der Waals surface area contributed by atoms with E-state index in [2.05, 4.69) is 11.9 Å². The van der Waals surface area contributed by atoms with Crippen LogP contribution in [0.2, 0.25) is 0 Å². The minimum absolute atomic E-state index is 0.189. The van der Waals surface area contributed by atoms with E-state index >= 15 is 0 Å². The normalized spacial score (nSPS) is 27.8. The summed E-state index contributed by atoms with van der Waals surface area (Å²) in [6, 6.07) is 0.303. The molecule has 1 aliphatic carbocycles. The standard InChI is InChI=1S/C8H17N3O/c1-2-3-12-7-4-6(5-7)11-8(9)10/h6-7H,2-5H2,1H3,(H4,9,10,11). The summed E-state index contributed by atoms with van der Waals surface area (Å²) >= 11 is 0. The summed E-state index contributed by atoms with van der Waals surface area (Å²) in [6.45, 7) is 2.95. The van der Waals surface area contributed by atoms with E-state index in [0.29, 0.717) is 12.1 Å². The molecule has 0 aromatic carbocycles. The van der Waals surface area contributed by atoms with E-state index in [9.17, 15) is 0 Å². The molecular weight excluding hydrogens is 154 g/mol. The Morgan fingerprint density at radius 3 is 2.67 bits per heavy atom. The summed E-state index contributed by atoms with van der Waals surface area (Å²) in [7, 11) is 0. The third kappa shape index (κ3) is 2.70. The number of nitrogens with two attached hydrogens (primary N) is 2. The zero-order valence-electron chi connectivity index (χ0n) is 7.49. The summed E-state index contributed by atoms with van der Waals surface area (Å²) in [6.07, 6.45) is 3.40. The summed E-state index contributed by atoms with van der Waals surface area (Å²) < 4.78 is 5.49. The highest BCUT2D eigenvalue weighted by atomic mass is 16.5. The first-order chi connectivity index (χ1) is 5.72. The largest absolute Gasteiger partial charge is 0.378 e. The Kier molecular flexibility index (Phi) is 3.34. The lowest BCUT2D eigenvalue weighted by Gasteiger charge is -2.32. The minimum Gasteiger partial charge on any atom is -0.378 e. The van der Waals surface area contributed by atoms with Gasteiger partial charge in [-0.2, -0.15) is 0 Å². The highest BCUT2D eigenvalue weighted by Crippen LogP contribution is 2.26. The van der Waals surface area contributed by atoms with Crippen LogP contribution in [0.3, 0.4) is 0 Å². The predicted octanol–water partition coefficient (Wildman–Crippen LogP) is 0.217. The molecule has 0 radical (unpaired) electrons. The molecule has 12 heavy (non-hydrogen) atoms. The van der Waals surface area contributed by atoms with Crippen LogP contribution in [0.15, 0.2) is 4.99 Å². The average molecular weight is 171 g/mol. The molecule has 70 valence electrons. The van der Waals surface area contributed by atoms with Gasteiger partial charge in [0.25, 0.3) is 0 Å². The fourth-order valence-electron chi connectivity index (χ4n) is 1.27. The van der Waals surface area contributed by atoms with Crippen LogP contribution in [0.25, 0.3) is 0 Å². The van der Waals surface area contributed by atoms with Crippen molar-refractivity contribution in [2.24, 2.45) is 16.5 Å². The molecule has 0 aliphatic heterocycles. The van der Waals surface area contributed by atoms with E-state index < -0.39 is 0 Å². The first kappa shape index (κ1) is 9.32. The SMILES string of the molecule is CCCOC1CC(N=C(N)N)C1. The number of nitrogens with zero attached hydrogens (tertiary/aromatic N) is 1. The van der Waals surface area contributed by atoms with Crippen LogP contribution in [0.1, 0.15) is 26.2 Å². The van der Waals surface area contributed by atoms with E-state index in [1.54, 1.807) is 0 Å². The van der Waals surface area contributed by atoms with E-state index in [1.807, 2.05) is 0 Å². The maximum atomic E-state index is 5.49. The fourth-order valence-corrected chi connectivity index (χ4v) is 1.27. The molecule has 1 aliphatic rings. The van der Waals surface area contributed by atoms with Crippen LogP contribution >= 0.6 is 0 Å². The number of hydrogen-bond acceptors (Lipinski definition) is 2. The van der Waals surface area contributed by atoms with E-state index in [0.717, 1.165) is 25.9 Å². The summed E-state index contributed by atoms with van der Waals surface area (Å²) in [5.74, 6) is 0.189. The fraction of sp³-hybridized carbons (Fsp3) is 0.875. The van der Waals surface area contributed by atoms with Crippen molar-refractivity contribution in [2.75, 3.05) is 6.61 Å². The minimum atomic E-state index is 0.189. The molecule has 1 fully saturated rings. The predicted molar refractivity (Wildman–Crippen MR) is 48.9 cm³/mol. The van der Waals surface area contributed by atoms with Crippen LogP contribution in [0.4, 0.5) is 0 Å². The number of rotatable bonds is 4. The molecule has 0 aromatic rings. The monoisotopic (exact) mass is 171 g/mol. The molecule has 0 saturated heterocycles. The van der Waals surface area contributed by atoms with Gasteiger partial charge in [-0.05, 0) is 19.3 Å². The van der Waals surface area contributed by atoms with Crippen LogP contribution in [-0.4, -0.2) is 24.7 Å². The molecule has 1 saturated carbocycles. The highest BCUT2D eigenvalue weighted by molar-refractivity contribution is 5.75. The molecule has 0 atom stereocenters. The van der Waals surface area contributed by atoms with Crippen LogP contribution in [0, 0.1) is 0 Å². The molecule has 4 heteroatoms. The Hall–Kier alpha value is -0.770. The third-order valence-electron chi connectivity index (χ3n) is 1.96. The van der Waals surface area contributed by atoms with Crippen molar-refractivity contribution in [1.29, 1.82) is 0 Å². The molecule has 4 N–H and O–H groups in total. The van der Waals surface area contributed by atoms with Crippen molar-refractivity contribution < 1.29 is 4.74 Å². The van der Waals surface area contributed by atoms with Gasteiger partial charge in [0.1, 0.15) is 0 Å². The smallest absolute Gasteiger partial charge is 0.186 e. The van der Waals surface area contributed by atoms with Gasteiger partial charge in [-0.3, -0.25) is 4.99 Å². The van der Waals surface area contributed by atoms with Crippen molar-refractivity contribution in [3.63, 3.8) is 0 Å². The quantitative estimate of drug-likeness (QED) is 0.469. The van der Waals surface area contributed by atoms with Crippen molar-refractivity contribution in [3.8, 4) is 0 Å². The highest BCUT2D eigenvalue weighted by Gasteiger charge is 2.29. The van der Waals surface area contributed by atoms with Crippen molar-refractivity contribution in [2.45, 2.75) is 38.3 Å². The average Bonchev–Trinajstić information content (AvgIpc) is 1.93. The Balaban J connectivity index is 2.08. The van der Waals surface area contributed by atoms with Gasteiger partial charge in [-0.15, -0.1) is 0 Å². The van der Waals surface area contributed by atoms with Crippen LogP contribution in [-0.2, 0) is 4.74 Å². The van der Waals surface area contributed by atoms with Gasteiger partial charge >= 0.3 is 0 Å². The Labute approximate surface area is 73.0 Å². The number of guanidine groups is 1. The lowest BCUT2D eigenvalue weighted by Crippen LogP contribution is -2.37. The molecule has 0 bridgehead atoms. The topological polar surface area (TPSA) is 73.6 Å². The molecule has 0 amide bonds.